The van der Waals surface area contributed by atoms with E-state index in [0.29, 0.717) is 25.6 Å². The molecule has 0 radical (unpaired) electrons. The number of aromatic nitrogens is 2. The van der Waals surface area contributed by atoms with Gasteiger partial charge in [-0.05, 0) is 43.9 Å². The molecule has 0 atom stereocenters. The third-order valence-electron chi connectivity index (χ3n) is 5.54. The molecular formula is C21H26N4O3. The summed E-state index contributed by atoms with van der Waals surface area (Å²) in [6.45, 7) is 9.71. The summed E-state index contributed by atoms with van der Waals surface area (Å²) in [6, 6.07) is 6.00. The van der Waals surface area contributed by atoms with E-state index >= 15 is 0 Å². The van der Waals surface area contributed by atoms with Gasteiger partial charge in [0.2, 0.25) is 5.76 Å². The highest BCUT2D eigenvalue weighted by Crippen LogP contribution is 2.27. The van der Waals surface area contributed by atoms with Crippen LogP contribution >= 0.6 is 0 Å². The van der Waals surface area contributed by atoms with Gasteiger partial charge in [0.15, 0.2) is 5.82 Å². The molecule has 0 aliphatic carbocycles. The summed E-state index contributed by atoms with van der Waals surface area (Å²) in [6.07, 6.45) is 0.754. The minimum Gasteiger partial charge on any atom is -0.378 e. The van der Waals surface area contributed by atoms with Gasteiger partial charge in [-0.25, -0.2) is 0 Å². The maximum atomic E-state index is 12.4. The lowest BCUT2D eigenvalue weighted by molar-refractivity contribution is 0.0917. The number of hydrogen-bond acceptors (Lipinski definition) is 5. The number of rotatable bonds is 5. The van der Waals surface area contributed by atoms with Gasteiger partial charge in [-0.2, -0.15) is 0 Å². The third kappa shape index (κ3) is 3.49. The second-order valence-electron chi connectivity index (χ2n) is 7.31. The minimum absolute atomic E-state index is 0.239. The number of nitrogens with one attached hydrogen (secondary N) is 2. The van der Waals surface area contributed by atoms with Crippen molar-refractivity contribution in [3.8, 4) is 0 Å². The molecule has 3 aromatic rings. The zero-order chi connectivity index (χ0) is 19.7. The molecule has 1 fully saturated rings. The van der Waals surface area contributed by atoms with E-state index < -0.39 is 0 Å². The number of benzene rings is 1. The van der Waals surface area contributed by atoms with E-state index in [-0.39, 0.29) is 11.7 Å². The molecule has 2 aromatic heterocycles. The summed E-state index contributed by atoms with van der Waals surface area (Å²) in [4.78, 5) is 18.0. The average molecular weight is 382 g/mol. The van der Waals surface area contributed by atoms with Crippen LogP contribution in [0.1, 0.15) is 32.9 Å². The van der Waals surface area contributed by atoms with Gasteiger partial charge >= 0.3 is 0 Å². The van der Waals surface area contributed by atoms with Gasteiger partial charge in [-0.3, -0.25) is 4.79 Å². The predicted molar refractivity (Wildman–Crippen MR) is 108 cm³/mol. The maximum Gasteiger partial charge on any atom is 0.289 e. The molecule has 1 aliphatic heterocycles. The van der Waals surface area contributed by atoms with Crippen LogP contribution in [0.4, 0.5) is 5.82 Å². The fraction of sp³-hybridized carbons (Fsp3) is 0.429. The fourth-order valence-electron chi connectivity index (χ4n) is 3.72. The van der Waals surface area contributed by atoms with Gasteiger partial charge in [0.05, 0.1) is 13.2 Å². The lowest BCUT2D eigenvalue weighted by atomic mass is 10.0. The Morgan fingerprint density at radius 2 is 2.04 bits per heavy atom. The Labute approximate surface area is 164 Å². The minimum atomic E-state index is -0.239. The Bertz CT molecular complexity index is 999. The summed E-state index contributed by atoms with van der Waals surface area (Å²) >= 11 is 0. The van der Waals surface area contributed by atoms with Gasteiger partial charge in [-0.15, -0.1) is 0 Å². The van der Waals surface area contributed by atoms with Crippen molar-refractivity contribution >= 4 is 22.6 Å². The zero-order valence-corrected chi connectivity index (χ0v) is 16.6. The molecule has 0 saturated carbocycles. The standard InChI is InChI=1S/C21H26N4O3/c1-13-4-5-17-16(15(3)23-20(17)14(13)2)6-7-22-21(26)18-12-19(24-28-18)25-8-10-27-11-9-25/h4-5,12,23H,6-11H2,1-3H3,(H,22,26). The van der Waals surface area contributed by atoms with Crippen molar-refractivity contribution in [1.82, 2.24) is 15.5 Å². The lowest BCUT2D eigenvalue weighted by Gasteiger charge is -2.25. The molecule has 1 saturated heterocycles. The normalized spacial score (nSPS) is 14.6. The molecule has 1 amide bonds. The van der Waals surface area contributed by atoms with Crippen LogP contribution in [0, 0.1) is 20.8 Å². The molecule has 1 aromatic carbocycles. The highest BCUT2D eigenvalue weighted by molar-refractivity contribution is 5.92. The SMILES string of the molecule is Cc1ccc2c(CCNC(=O)c3cc(N4CCOCC4)no3)c(C)[nH]c2c1C. The molecule has 0 spiro atoms. The van der Waals surface area contributed by atoms with Gasteiger partial charge < -0.3 is 24.5 Å². The number of nitrogens with zero attached hydrogens (tertiary/aromatic N) is 2. The molecule has 28 heavy (non-hydrogen) atoms. The first-order chi connectivity index (χ1) is 13.5. The van der Waals surface area contributed by atoms with Gasteiger partial charge in [0, 0.05) is 42.3 Å². The number of fused-ring (bicyclic) bond motifs is 1. The quantitative estimate of drug-likeness (QED) is 0.709. The monoisotopic (exact) mass is 382 g/mol. The first-order valence-corrected chi connectivity index (χ1v) is 9.69. The Hall–Kier alpha value is -2.80. The van der Waals surface area contributed by atoms with Crippen LogP contribution in [-0.2, 0) is 11.2 Å². The number of aryl methyl sites for hydroxylation is 3. The van der Waals surface area contributed by atoms with E-state index in [2.05, 4.69) is 53.3 Å². The first-order valence-electron chi connectivity index (χ1n) is 9.69. The average Bonchev–Trinajstić information content (AvgIpc) is 3.31. The lowest BCUT2D eigenvalue weighted by Crippen LogP contribution is -2.36. The van der Waals surface area contributed by atoms with Crippen molar-refractivity contribution in [1.29, 1.82) is 0 Å². The smallest absolute Gasteiger partial charge is 0.289 e. The highest BCUT2D eigenvalue weighted by atomic mass is 16.5. The number of morpholine rings is 1. The van der Waals surface area contributed by atoms with Crippen molar-refractivity contribution in [3.63, 3.8) is 0 Å². The number of carbonyl (C=O) groups excluding carboxylic acids is 1. The zero-order valence-electron chi connectivity index (χ0n) is 16.6. The summed E-state index contributed by atoms with van der Waals surface area (Å²) < 4.78 is 10.6. The van der Waals surface area contributed by atoms with E-state index in [1.807, 2.05) is 0 Å². The maximum absolute atomic E-state index is 12.4. The number of carbonyl (C=O) groups is 1. The second kappa shape index (κ2) is 7.67. The van der Waals surface area contributed by atoms with Crippen LogP contribution in [0.3, 0.4) is 0 Å². The van der Waals surface area contributed by atoms with Gasteiger partial charge in [-0.1, -0.05) is 17.3 Å². The molecule has 0 unspecified atom stereocenters. The molecule has 1 aliphatic rings. The third-order valence-corrected chi connectivity index (χ3v) is 5.54. The van der Waals surface area contributed by atoms with E-state index in [0.717, 1.165) is 25.2 Å². The summed E-state index contributed by atoms with van der Waals surface area (Å²) in [5.41, 5.74) is 6.12. The molecule has 7 nitrogen and oxygen atoms in total. The van der Waals surface area contributed by atoms with Crippen LogP contribution in [0.25, 0.3) is 10.9 Å². The molecule has 148 valence electrons. The van der Waals surface area contributed by atoms with Crippen LogP contribution in [0.15, 0.2) is 22.7 Å². The van der Waals surface area contributed by atoms with Crippen molar-refractivity contribution in [2.24, 2.45) is 0 Å². The van der Waals surface area contributed by atoms with E-state index in [1.54, 1.807) is 6.07 Å². The Morgan fingerprint density at radius 3 is 2.82 bits per heavy atom. The van der Waals surface area contributed by atoms with E-state index in [1.165, 1.54) is 27.6 Å². The van der Waals surface area contributed by atoms with Gasteiger partial charge in [0.25, 0.3) is 5.91 Å². The summed E-state index contributed by atoms with van der Waals surface area (Å²) in [5, 5.41) is 8.19. The molecule has 7 heteroatoms. The van der Waals surface area contributed by atoms with Crippen molar-refractivity contribution in [2.75, 3.05) is 37.7 Å². The van der Waals surface area contributed by atoms with E-state index in [9.17, 15) is 4.79 Å². The molecule has 3 heterocycles. The number of aromatic amines is 1. The Morgan fingerprint density at radius 1 is 1.25 bits per heavy atom. The van der Waals surface area contributed by atoms with Crippen molar-refractivity contribution in [3.05, 3.63) is 46.3 Å². The number of H-pyrrole nitrogens is 1. The molecule has 2 N–H and O–H groups in total. The van der Waals surface area contributed by atoms with Crippen molar-refractivity contribution in [2.45, 2.75) is 27.2 Å². The largest absolute Gasteiger partial charge is 0.378 e. The van der Waals surface area contributed by atoms with Crippen LogP contribution in [0.2, 0.25) is 0 Å². The number of amides is 1. The fourth-order valence-corrected chi connectivity index (χ4v) is 3.72. The molecule has 4 rings (SSSR count). The number of anilines is 1. The predicted octanol–water partition coefficient (Wildman–Crippen LogP) is 2.89. The Kier molecular flexibility index (Phi) is 5.09. The first kappa shape index (κ1) is 18.6. The van der Waals surface area contributed by atoms with Crippen molar-refractivity contribution < 1.29 is 14.1 Å². The molecule has 0 bridgehead atoms. The summed E-state index contributed by atoms with van der Waals surface area (Å²) in [7, 11) is 0. The highest BCUT2D eigenvalue weighted by Gasteiger charge is 2.19. The van der Waals surface area contributed by atoms with Crippen LogP contribution in [-0.4, -0.2) is 48.9 Å². The second-order valence-corrected chi connectivity index (χ2v) is 7.31. The number of hydrogen-bond donors (Lipinski definition) is 2. The number of ether oxygens (including phenoxy) is 1. The van der Waals surface area contributed by atoms with Crippen LogP contribution < -0.4 is 10.2 Å². The summed E-state index contributed by atoms with van der Waals surface area (Å²) in [5.74, 6) is 0.687. The van der Waals surface area contributed by atoms with E-state index in [4.69, 9.17) is 9.26 Å². The molecular weight excluding hydrogens is 356 g/mol. The Balaban J connectivity index is 1.40. The van der Waals surface area contributed by atoms with Crippen LogP contribution in [0.5, 0.6) is 0 Å². The van der Waals surface area contributed by atoms with Gasteiger partial charge in [0.1, 0.15) is 0 Å². The topological polar surface area (TPSA) is 83.4 Å².